The molecule has 146 valence electrons. The molecule has 0 aromatic carbocycles. The lowest BCUT2D eigenvalue weighted by Crippen LogP contribution is -2.21. The number of carbonyl (C=O) groups excluding carboxylic acids is 3. The SMILES string of the molecule is CCOC(=O)c1c(NC(=O)c2sc(=O)n(C)c2C)sc(C(=O)N(C)C)c1C. The largest absolute Gasteiger partial charge is 0.462 e. The van der Waals surface area contributed by atoms with Crippen LogP contribution in [0.15, 0.2) is 4.79 Å². The number of hydrogen-bond acceptors (Lipinski definition) is 7. The summed E-state index contributed by atoms with van der Waals surface area (Å²) in [6.07, 6.45) is 0. The Morgan fingerprint density at radius 3 is 2.26 bits per heavy atom. The molecule has 2 rings (SSSR count). The fourth-order valence-corrected chi connectivity index (χ4v) is 4.44. The highest BCUT2D eigenvalue weighted by atomic mass is 32.1. The van der Waals surface area contributed by atoms with Gasteiger partial charge in [-0.05, 0) is 26.3 Å². The van der Waals surface area contributed by atoms with Gasteiger partial charge in [0, 0.05) is 26.8 Å². The smallest absolute Gasteiger partial charge is 0.341 e. The summed E-state index contributed by atoms with van der Waals surface area (Å²) in [5, 5.41) is 2.89. The number of carbonyl (C=O) groups is 3. The third-order valence-corrected chi connectivity index (χ3v) is 6.28. The second-order valence-electron chi connectivity index (χ2n) is 5.98. The van der Waals surface area contributed by atoms with Crippen LogP contribution in [0.4, 0.5) is 5.00 Å². The minimum atomic E-state index is -0.614. The van der Waals surface area contributed by atoms with Crippen molar-refractivity contribution >= 4 is 45.5 Å². The van der Waals surface area contributed by atoms with Crippen molar-refractivity contribution in [2.75, 3.05) is 26.0 Å². The van der Waals surface area contributed by atoms with E-state index < -0.39 is 11.9 Å². The molecule has 27 heavy (non-hydrogen) atoms. The standard InChI is InChI=1S/C17H21N3O5S2/c1-7-25-16(23)10-8(2)11(15(22)19(4)5)26-14(10)18-13(21)12-9(3)20(6)17(24)27-12/h7H2,1-6H3,(H,18,21). The summed E-state index contributed by atoms with van der Waals surface area (Å²) in [5.74, 6) is -1.40. The summed E-state index contributed by atoms with van der Waals surface area (Å²) in [7, 11) is 4.79. The Labute approximate surface area is 164 Å². The molecule has 0 fully saturated rings. The van der Waals surface area contributed by atoms with E-state index in [1.165, 1.54) is 9.47 Å². The van der Waals surface area contributed by atoms with Gasteiger partial charge in [-0.25, -0.2) is 4.79 Å². The molecule has 2 aromatic heterocycles. The molecule has 1 N–H and O–H groups in total. The van der Waals surface area contributed by atoms with Gasteiger partial charge in [-0.15, -0.1) is 11.3 Å². The minimum Gasteiger partial charge on any atom is -0.462 e. The molecule has 0 aliphatic rings. The molecule has 0 radical (unpaired) electrons. The van der Waals surface area contributed by atoms with Crippen molar-refractivity contribution < 1.29 is 19.1 Å². The molecule has 8 nitrogen and oxygen atoms in total. The Morgan fingerprint density at radius 2 is 1.78 bits per heavy atom. The summed E-state index contributed by atoms with van der Waals surface area (Å²) in [6, 6.07) is 0. The third-order valence-electron chi connectivity index (χ3n) is 3.96. The van der Waals surface area contributed by atoms with Crippen molar-refractivity contribution in [2.45, 2.75) is 20.8 Å². The molecule has 2 amide bonds. The second-order valence-corrected chi connectivity index (χ2v) is 7.96. The predicted octanol–water partition coefficient (Wildman–Crippen LogP) is 2.26. The number of nitrogens with zero attached hydrogens (tertiary/aromatic N) is 2. The molecule has 0 atom stereocenters. The van der Waals surface area contributed by atoms with Gasteiger partial charge in [0.1, 0.15) is 9.88 Å². The van der Waals surface area contributed by atoms with Gasteiger partial charge in [-0.2, -0.15) is 0 Å². The Morgan fingerprint density at radius 1 is 1.15 bits per heavy atom. The Balaban J connectivity index is 2.50. The number of thiophene rings is 1. The molecule has 0 aliphatic carbocycles. The highest BCUT2D eigenvalue weighted by Gasteiger charge is 2.28. The molecule has 0 spiro atoms. The van der Waals surface area contributed by atoms with Gasteiger partial charge in [0.15, 0.2) is 0 Å². The monoisotopic (exact) mass is 411 g/mol. The van der Waals surface area contributed by atoms with E-state index in [9.17, 15) is 19.2 Å². The quantitative estimate of drug-likeness (QED) is 0.761. The van der Waals surface area contributed by atoms with Gasteiger partial charge >= 0.3 is 10.8 Å². The van der Waals surface area contributed by atoms with E-state index in [0.29, 0.717) is 16.1 Å². The number of ether oxygens (including phenoxy) is 1. The normalized spacial score (nSPS) is 10.6. The Bertz CT molecular complexity index is 968. The number of anilines is 1. The number of thiazole rings is 1. The maximum Gasteiger partial charge on any atom is 0.341 e. The van der Waals surface area contributed by atoms with E-state index in [-0.39, 0.29) is 32.8 Å². The van der Waals surface area contributed by atoms with Crippen LogP contribution in [0.3, 0.4) is 0 Å². The van der Waals surface area contributed by atoms with E-state index in [1.807, 2.05) is 0 Å². The van der Waals surface area contributed by atoms with Crippen LogP contribution < -0.4 is 10.2 Å². The summed E-state index contributed by atoms with van der Waals surface area (Å²) in [5.41, 5.74) is 1.13. The van der Waals surface area contributed by atoms with Gasteiger partial charge < -0.3 is 19.5 Å². The fraction of sp³-hybridized carbons (Fsp3) is 0.412. The number of esters is 1. The van der Waals surface area contributed by atoms with Crippen molar-refractivity contribution in [1.29, 1.82) is 0 Å². The molecule has 0 aliphatic heterocycles. The van der Waals surface area contributed by atoms with Crippen molar-refractivity contribution in [3.05, 3.63) is 36.2 Å². The van der Waals surface area contributed by atoms with Gasteiger partial charge in [0.05, 0.1) is 17.0 Å². The highest BCUT2D eigenvalue weighted by molar-refractivity contribution is 7.19. The van der Waals surface area contributed by atoms with Gasteiger partial charge in [0.2, 0.25) is 0 Å². The summed E-state index contributed by atoms with van der Waals surface area (Å²) in [4.78, 5) is 51.0. The zero-order valence-electron chi connectivity index (χ0n) is 16.0. The first-order chi connectivity index (χ1) is 12.6. The van der Waals surface area contributed by atoms with Gasteiger partial charge in [-0.3, -0.25) is 14.4 Å². The molecule has 0 bridgehead atoms. The Kier molecular flexibility index (Phi) is 6.22. The maximum absolute atomic E-state index is 12.7. The van der Waals surface area contributed by atoms with E-state index >= 15 is 0 Å². The predicted molar refractivity (Wildman–Crippen MR) is 105 cm³/mol. The molecular formula is C17H21N3O5S2. The lowest BCUT2D eigenvalue weighted by atomic mass is 10.1. The van der Waals surface area contributed by atoms with E-state index in [4.69, 9.17) is 4.74 Å². The fourth-order valence-electron chi connectivity index (χ4n) is 2.35. The number of hydrogen-bond donors (Lipinski definition) is 1. The molecular weight excluding hydrogens is 390 g/mol. The zero-order chi connectivity index (χ0) is 20.5. The summed E-state index contributed by atoms with van der Waals surface area (Å²) in [6.45, 7) is 5.15. The topological polar surface area (TPSA) is 97.7 Å². The lowest BCUT2D eigenvalue weighted by Gasteiger charge is -2.09. The van der Waals surface area contributed by atoms with Crippen molar-refractivity contribution in [1.82, 2.24) is 9.47 Å². The number of rotatable bonds is 5. The number of nitrogens with one attached hydrogen (secondary N) is 1. The molecule has 0 saturated heterocycles. The Hall–Kier alpha value is -2.46. The van der Waals surface area contributed by atoms with Crippen LogP contribution in [-0.2, 0) is 11.8 Å². The molecule has 0 saturated carbocycles. The first-order valence-electron chi connectivity index (χ1n) is 8.10. The van der Waals surface area contributed by atoms with Crippen LogP contribution >= 0.6 is 22.7 Å². The molecule has 2 aromatic rings. The van der Waals surface area contributed by atoms with Gasteiger partial charge in [-0.1, -0.05) is 11.3 Å². The van der Waals surface area contributed by atoms with Crippen LogP contribution in [0.1, 0.15) is 47.9 Å². The van der Waals surface area contributed by atoms with Crippen LogP contribution in [0.25, 0.3) is 0 Å². The van der Waals surface area contributed by atoms with E-state index in [1.54, 1.807) is 41.9 Å². The lowest BCUT2D eigenvalue weighted by molar-refractivity contribution is 0.0527. The summed E-state index contributed by atoms with van der Waals surface area (Å²) >= 11 is 1.84. The molecule has 2 heterocycles. The molecule has 10 heteroatoms. The minimum absolute atomic E-state index is 0.154. The second kappa shape index (κ2) is 8.05. The number of aromatic nitrogens is 1. The average molecular weight is 412 g/mol. The van der Waals surface area contributed by atoms with Crippen LogP contribution in [-0.4, -0.2) is 48.0 Å². The van der Waals surface area contributed by atoms with Crippen molar-refractivity contribution in [3.8, 4) is 0 Å². The van der Waals surface area contributed by atoms with Crippen molar-refractivity contribution in [3.63, 3.8) is 0 Å². The van der Waals surface area contributed by atoms with Crippen LogP contribution in [0.5, 0.6) is 0 Å². The number of amides is 2. The van der Waals surface area contributed by atoms with Crippen molar-refractivity contribution in [2.24, 2.45) is 7.05 Å². The highest BCUT2D eigenvalue weighted by Crippen LogP contribution is 2.35. The van der Waals surface area contributed by atoms with Crippen LogP contribution in [0.2, 0.25) is 0 Å². The maximum atomic E-state index is 12.7. The van der Waals surface area contributed by atoms with E-state index in [0.717, 1.165) is 22.7 Å². The first kappa shape index (κ1) is 20.8. The van der Waals surface area contributed by atoms with Crippen LogP contribution in [0, 0.1) is 13.8 Å². The summed E-state index contributed by atoms with van der Waals surface area (Å²) < 4.78 is 6.46. The molecule has 0 unspecified atom stereocenters. The van der Waals surface area contributed by atoms with Gasteiger partial charge in [0.25, 0.3) is 11.8 Å². The first-order valence-corrected chi connectivity index (χ1v) is 9.73. The third kappa shape index (κ3) is 3.96. The zero-order valence-corrected chi connectivity index (χ0v) is 17.6. The van der Waals surface area contributed by atoms with E-state index in [2.05, 4.69) is 5.32 Å². The average Bonchev–Trinajstić information content (AvgIpc) is 3.05.